The molecule has 0 saturated heterocycles. The molecule has 19 heteroatoms. The lowest BCUT2D eigenvalue weighted by Crippen LogP contribution is -2.30. The van der Waals surface area contributed by atoms with Gasteiger partial charge in [-0.15, -0.1) is 0 Å². The summed E-state index contributed by atoms with van der Waals surface area (Å²) in [5.74, 6) is 0.964. The smallest absolute Gasteiger partial charge is 0.462 e. The molecule has 3 N–H and O–H groups in total. The quantitative estimate of drug-likeness (QED) is 0.0222. The van der Waals surface area contributed by atoms with Crippen molar-refractivity contribution in [2.75, 3.05) is 39.6 Å². The Bertz CT molecular complexity index is 1920. The molecular formula is C79H154O17P2. The number of aliphatic hydroxyl groups excluding tert-OH is 1. The lowest BCUT2D eigenvalue weighted by atomic mass is 9.99. The molecule has 0 aliphatic heterocycles. The molecular weight excluding hydrogens is 1280 g/mol. The molecule has 98 heavy (non-hydrogen) atoms. The molecule has 4 unspecified atom stereocenters. The molecule has 6 atom stereocenters. The van der Waals surface area contributed by atoms with Crippen LogP contribution in [-0.4, -0.2) is 96.7 Å². The normalized spacial score (nSPS) is 14.3. The molecule has 0 heterocycles. The molecule has 0 aliphatic rings. The molecule has 0 fully saturated rings. The maximum absolute atomic E-state index is 13.1. The first-order chi connectivity index (χ1) is 47.1. The largest absolute Gasteiger partial charge is 0.472 e. The van der Waals surface area contributed by atoms with Gasteiger partial charge in [-0.1, -0.05) is 351 Å². The number of phosphoric ester groups is 2. The molecule has 0 aromatic rings. The van der Waals surface area contributed by atoms with Crippen LogP contribution in [0.2, 0.25) is 0 Å². The molecule has 0 aliphatic carbocycles. The Morgan fingerprint density at radius 2 is 0.490 bits per heavy atom. The van der Waals surface area contributed by atoms with Crippen molar-refractivity contribution in [3.05, 3.63) is 0 Å². The average Bonchev–Trinajstić information content (AvgIpc) is 3.65. The van der Waals surface area contributed by atoms with E-state index in [9.17, 15) is 43.2 Å². The van der Waals surface area contributed by atoms with Gasteiger partial charge in [0.25, 0.3) is 0 Å². The van der Waals surface area contributed by atoms with Crippen LogP contribution < -0.4 is 0 Å². The Morgan fingerprint density at radius 3 is 0.724 bits per heavy atom. The summed E-state index contributed by atoms with van der Waals surface area (Å²) in [5.41, 5.74) is 0. The van der Waals surface area contributed by atoms with Crippen molar-refractivity contribution in [2.24, 2.45) is 23.7 Å². The predicted molar refractivity (Wildman–Crippen MR) is 400 cm³/mol. The second kappa shape index (κ2) is 68.2. The molecule has 0 saturated carbocycles. The molecule has 0 spiro atoms. The summed E-state index contributed by atoms with van der Waals surface area (Å²) in [6.07, 6.45) is 54.2. The SMILES string of the molecule is CCC(C)CCCCCCCCCCCCC(=O)O[C@H](COC(=O)CCCCCCCCCC(C)C)COP(=O)(O)OCC(O)COP(=O)(O)OC[C@@H](COC(=O)CCCCCCCCCCCCCCCCCCCCC(C)C)OC(=O)CCCCCCCCCCCCC(C)C. The number of ether oxygens (including phenoxy) is 4. The van der Waals surface area contributed by atoms with Gasteiger partial charge < -0.3 is 33.8 Å². The van der Waals surface area contributed by atoms with Gasteiger partial charge in [-0.3, -0.25) is 37.3 Å². The van der Waals surface area contributed by atoms with Gasteiger partial charge in [0, 0.05) is 25.7 Å². The number of hydrogen-bond acceptors (Lipinski definition) is 15. The number of aliphatic hydroxyl groups is 1. The van der Waals surface area contributed by atoms with Crippen LogP contribution >= 0.6 is 15.6 Å². The van der Waals surface area contributed by atoms with Gasteiger partial charge in [0.1, 0.15) is 19.3 Å². The Labute approximate surface area is 600 Å². The zero-order valence-corrected chi connectivity index (χ0v) is 66.2. The summed E-state index contributed by atoms with van der Waals surface area (Å²) in [5, 5.41) is 10.6. The van der Waals surface area contributed by atoms with E-state index in [1.807, 2.05) is 0 Å². The lowest BCUT2D eigenvalue weighted by molar-refractivity contribution is -0.161. The topological polar surface area (TPSA) is 237 Å². The van der Waals surface area contributed by atoms with Gasteiger partial charge in [-0.05, 0) is 49.4 Å². The third kappa shape index (κ3) is 71.1. The van der Waals surface area contributed by atoms with E-state index in [0.29, 0.717) is 31.6 Å². The Balaban J connectivity index is 5.20. The molecule has 17 nitrogen and oxygen atoms in total. The van der Waals surface area contributed by atoms with Gasteiger partial charge in [0.05, 0.1) is 26.4 Å². The molecule has 0 bridgehead atoms. The summed E-state index contributed by atoms with van der Waals surface area (Å²) in [6, 6.07) is 0. The monoisotopic (exact) mass is 1440 g/mol. The first kappa shape index (κ1) is 96.1. The van der Waals surface area contributed by atoms with Crippen molar-refractivity contribution >= 4 is 39.5 Å². The average molecular weight is 1440 g/mol. The highest BCUT2D eigenvalue weighted by molar-refractivity contribution is 7.47. The highest BCUT2D eigenvalue weighted by atomic mass is 31.2. The van der Waals surface area contributed by atoms with Gasteiger partial charge in [-0.25, -0.2) is 9.13 Å². The summed E-state index contributed by atoms with van der Waals surface area (Å²) < 4.78 is 68.6. The van der Waals surface area contributed by atoms with Crippen molar-refractivity contribution in [3.8, 4) is 0 Å². The maximum Gasteiger partial charge on any atom is 0.472 e. The number of esters is 4. The summed E-state index contributed by atoms with van der Waals surface area (Å²) >= 11 is 0. The van der Waals surface area contributed by atoms with Crippen molar-refractivity contribution in [1.29, 1.82) is 0 Å². The molecule has 0 radical (unpaired) electrons. The highest BCUT2D eigenvalue weighted by Gasteiger charge is 2.30. The zero-order valence-electron chi connectivity index (χ0n) is 64.4. The van der Waals surface area contributed by atoms with Crippen LogP contribution in [-0.2, 0) is 65.4 Å². The minimum Gasteiger partial charge on any atom is -0.462 e. The lowest BCUT2D eigenvalue weighted by Gasteiger charge is -2.21. The zero-order chi connectivity index (χ0) is 72.4. The Hall–Kier alpha value is -1.94. The summed E-state index contributed by atoms with van der Waals surface area (Å²) in [4.78, 5) is 72.9. The van der Waals surface area contributed by atoms with Gasteiger partial charge in [0.2, 0.25) is 0 Å². The number of hydrogen-bond donors (Lipinski definition) is 3. The van der Waals surface area contributed by atoms with Crippen LogP contribution in [0.4, 0.5) is 0 Å². The van der Waals surface area contributed by atoms with E-state index in [1.54, 1.807) is 0 Å². The Morgan fingerprint density at radius 1 is 0.286 bits per heavy atom. The summed E-state index contributed by atoms with van der Waals surface area (Å²) in [7, 11) is -9.92. The standard InChI is InChI=1S/C79H154O17P2/c1-9-72(8)58-50-42-34-26-21-23-29-37-46-54-62-79(84)96-75(66-90-77(82)60-52-44-38-30-33-41-49-57-71(6)7)68-94-98(87,88)92-64-73(80)63-91-97(85,86)93-67-74(95-78(83)61-53-45-36-28-22-20-25-32-40-48-56-70(4)5)65-89-76(81)59-51-43-35-27-19-17-15-13-11-10-12-14-16-18-24-31-39-47-55-69(2)3/h69-75,80H,9-68H2,1-8H3,(H,85,86)(H,87,88)/t72?,73?,74-,75-/m1/s1. The van der Waals surface area contributed by atoms with E-state index in [0.717, 1.165) is 114 Å². The van der Waals surface area contributed by atoms with Crippen LogP contribution in [0.25, 0.3) is 0 Å². The van der Waals surface area contributed by atoms with Crippen molar-refractivity contribution in [3.63, 3.8) is 0 Å². The fraction of sp³-hybridized carbons (Fsp3) is 0.949. The van der Waals surface area contributed by atoms with Crippen LogP contribution in [0.5, 0.6) is 0 Å². The predicted octanol–water partition coefficient (Wildman–Crippen LogP) is 23.2. The van der Waals surface area contributed by atoms with Gasteiger partial charge in [0.15, 0.2) is 12.2 Å². The van der Waals surface area contributed by atoms with Gasteiger partial charge >= 0.3 is 39.5 Å². The van der Waals surface area contributed by atoms with E-state index in [-0.39, 0.29) is 25.7 Å². The fourth-order valence-electron chi connectivity index (χ4n) is 12.0. The minimum absolute atomic E-state index is 0.105. The number of rotatable bonds is 76. The minimum atomic E-state index is -4.96. The first-order valence-corrected chi connectivity index (χ1v) is 43.7. The van der Waals surface area contributed by atoms with Gasteiger partial charge in [-0.2, -0.15) is 0 Å². The van der Waals surface area contributed by atoms with Crippen LogP contribution in [0.1, 0.15) is 402 Å². The van der Waals surface area contributed by atoms with Crippen molar-refractivity contribution < 1.29 is 80.2 Å². The maximum atomic E-state index is 13.1. The second-order valence-corrected chi connectivity index (χ2v) is 33.0. The Kier molecular flexibility index (Phi) is 66.8. The van der Waals surface area contributed by atoms with Crippen LogP contribution in [0.3, 0.4) is 0 Å². The second-order valence-electron chi connectivity index (χ2n) is 30.1. The third-order valence-electron chi connectivity index (χ3n) is 18.7. The van der Waals surface area contributed by atoms with E-state index >= 15 is 0 Å². The fourth-order valence-corrected chi connectivity index (χ4v) is 13.6. The summed E-state index contributed by atoms with van der Waals surface area (Å²) in [6.45, 7) is 14.2. The van der Waals surface area contributed by atoms with E-state index in [1.165, 1.54) is 199 Å². The third-order valence-corrected chi connectivity index (χ3v) is 20.6. The molecule has 0 aromatic heterocycles. The van der Waals surface area contributed by atoms with E-state index < -0.39 is 97.5 Å². The van der Waals surface area contributed by atoms with Crippen LogP contribution in [0.15, 0.2) is 0 Å². The number of carbonyl (C=O) groups excluding carboxylic acids is 4. The number of unbranched alkanes of at least 4 members (excludes halogenated alkanes) is 41. The van der Waals surface area contributed by atoms with Crippen molar-refractivity contribution in [2.45, 2.75) is 420 Å². The molecule has 0 amide bonds. The van der Waals surface area contributed by atoms with Crippen molar-refractivity contribution in [1.82, 2.24) is 0 Å². The number of phosphoric acid groups is 2. The highest BCUT2D eigenvalue weighted by Crippen LogP contribution is 2.45. The van der Waals surface area contributed by atoms with E-state index in [2.05, 4.69) is 55.4 Å². The molecule has 0 aromatic carbocycles. The molecule has 582 valence electrons. The van der Waals surface area contributed by atoms with Crippen LogP contribution in [0, 0.1) is 23.7 Å². The van der Waals surface area contributed by atoms with E-state index in [4.69, 9.17) is 37.0 Å². The first-order valence-electron chi connectivity index (χ1n) is 40.7. The molecule has 0 rings (SSSR count). The number of carbonyl (C=O) groups is 4.